The molecule has 0 fully saturated rings. The Kier molecular flexibility index (Phi) is 8.12. The van der Waals surface area contributed by atoms with Crippen molar-refractivity contribution in [3.8, 4) is 5.75 Å². The van der Waals surface area contributed by atoms with Crippen molar-refractivity contribution in [1.82, 2.24) is 4.57 Å². The monoisotopic (exact) mass is 408 g/mol. The van der Waals surface area contributed by atoms with Gasteiger partial charge in [0.05, 0.1) is 13.7 Å². The van der Waals surface area contributed by atoms with Gasteiger partial charge in [-0.05, 0) is 50.3 Å². The number of aromatic nitrogens is 1. The predicted molar refractivity (Wildman–Crippen MR) is 108 cm³/mol. The Bertz CT molecular complexity index is 854. The maximum atomic E-state index is 12.2. The molecule has 1 amide bonds. The van der Waals surface area contributed by atoms with E-state index in [9.17, 15) is 9.59 Å². The molecule has 0 unspecified atom stereocenters. The third-order valence-corrected chi connectivity index (χ3v) is 6.17. The van der Waals surface area contributed by atoms with E-state index in [4.69, 9.17) is 9.47 Å². The standard InChI is InChI=1S/C19H24N2O4S2/c1-5-25-18(23)17-13(2)21(3)19(27-17)20-16(22)7-6-12-26-15-10-8-14(24-4)9-11-15/h8-11H,5-7,12H2,1-4H3. The fraction of sp³-hybridized carbons (Fsp3) is 0.421. The maximum Gasteiger partial charge on any atom is 0.350 e. The fourth-order valence-corrected chi connectivity index (χ4v) is 4.14. The lowest BCUT2D eigenvalue weighted by atomic mass is 10.3. The van der Waals surface area contributed by atoms with E-state index in [1.54, 1.807) is 37.4 Å². The average molecular weight is 409 g/mol. The van der Waals surface area contributed by atoms with Gasteiger partial charge in [-0.3, -0.25) is 4.79 Å². The topological polar surface area (TPSA) is 69.9 Å². The van der Waals surface area contributed by atoms with E-state index in [2.05, 4.69) is 4.99 Å². The first kappa shape index (κ1) is 21.2. The summed E-state index contributed by atoms with van der Waals surface area (Å²) in [5.74, 6) is 1.10. The number of rotatable bonds is 8. The first-order valence-electron chi connectivity index (χ1n) is 8.64. The predicted octanol–water partition coefficient (Wildman–Crippen LogP) is 3.58. The van der Waals surface area contributed by atoms with E-state index in [0.717, 1.165) is 28.5 Å². The fourth-order valence-electron chi connectivity index (χ4n) is 2.26. The zero-order valence-corrected chi connectivity index (χ0v) is 17.6. The second-order valence-electron chi connectivity index (χ2n) is 5.71. The minimum Gasteiger partial charge on any atom is -0.497 e. The third-order valence-electron chi connectivity index (χ3n) is 3.86. The highest BCUT2D eigenvalue weighted by molar-refractivity contribution is 7.99. The van der Waals surface area contributed by atoms with Gasteiger partial charge in [-0.2, -0.15) is 4.99 Å². The van der Waals surface area contributed by atoms with Crippen LogP contribution in [0.15, 0.2) is 34.2 Å². The minimum absolute atomic E-state index is 0.183. The van der Waals surface area contributed by atoms with E-state index in [0.29, 0.717) is 22.7 Å². The second kappa shape index (κ2) is 10.3. The van der Waals surface area contributed by atoms with Crippen LogP contribution in [0.4, 0.5) is 0 Å². The van der Waals surface area contributed by atoms with Gasteiger partial charge in [0.15, 0.2) is 4.80 Å². The summed E-state index contributed by atoms with van der Waals surface area (Å²) in [5, 5.41) is 0. The number of amides is 1. The van der Waals surface area contributed by atoms with Crippen LogP contribution in [0.25, 0.3) is 0 Å². The molecular weight excluding hydrogens is 384 g/mol. The molecular formula is C19H24N2O4S2. The van der Waals surface area contributed by atoms with Gasteiger partial charge in [-0.1, -0.05) is 11.3 Å². The molecule has 0 atom stereocenters. The summed E-state index contributed by atoms with van der Waals surface area (Å²) in [5.41, 5.74) is 0.750. The highest BCUT2D eigenvalue weighted by Gasteiger charge is 2.16. The van der Waals surface area contributed by atoms with Crippen LogP contribution in [0.2, 0.25) is 0 Å². The van der Waals surface area contributed by atoms with Gasteiger partial charge in [-0.15, -0.1) is 11.8 Å². The van der Waals surface area contributed by atoms with Crippen LogP contribution in [0.3, 0.4) is 0 Å². The molecule has 0 radical (unpaired) electrons. The Morgan fingerprint density at radius 2 is 1.96 bits per heavy atom. The molecule has 0 aliphatic carbocycles. The molecule has 0 spiro atoms. The molecule has 0 N–H and O–H groups in total. The third kappa shape index (κ3) is 5.97. The van der Waals surface area contributed by atoms with Gasteiger partial charge in [0.1, 0.15) is 10.6 Å². The van der Waals surface area contributed by atoms with E-state index >= 15 is 0 Å². The van der Waals surface area contributed by atoms with E-state index < -0.39 is 0 Å². The second-order valence-corrected chi connectivity index (χ2v) is 7.86. The lowest BCUT2D eigenvalue weighted by Gasteiger charge is -2.02. The number of nitrogens with zero attached hydrogens (tertiary/aromatic N) is 2. The molecule has 2 aromatic rings. The van der Waals surface area contributed by atoms with Crippen LogP contribution in [-0.4, -0.2) is 35.9 Å². The number of carbonyl (C=O) groups excluding carboxylic acids is 2. The minimum atomic E-state index is -0.375. The summed E-state index contributed by atoms with van der Waals surface area (Å²) in [6.45, 7) is 3.90. The molecule has 27 heavy (non-hydrogen) atoms. The van der Waals surface area contributed by atoms with Crippen molar-refractivity contribution in [2.75, 3.05) is 19.5 Å². The number of carbonyl (C=O) groups is 2. The Balaban J connectivity index is 1.90. The van der Waals surface area contributed by atoms with Crippen LogP contribution in [0, 0.1) is 6.92 Å². The van der Waals surface area contributed by atoms with Gasteiger partial charge in [0.2, 0.25) is 5.91 Å². The van der Waals surface area contributed by atoms with Crippen LogP contribution < -0.4 is 9.54 Å². The Morgan fingerprint density at radius 3 is 2.59 bits per heavy atom. The Labute approximate surface area is 167 Å². The first-order chi connectivity index (χ1) is 13.0. The summed E-state index contributed by atoms with van der Waals surface area (Å²) in [7, 11) is 3.43. The summed E-state index contributed by atoms with van der Waals surface area (Å²) < 4.78 is 11.9. The van der Waals surface area contributed by atoms with Crippen LogP contribution in [0.5, 0.6) is 5.75 Å². The van der Waals surface area contributed by atoms with Crippen molar-refractivity contribution in [2.45, 2.75) is 31.6 Å². The lowest BCUT2D eigenvalue weighted by Crippen LogP contribution is -2.14. The Hall–Kier alpha value is -2.06. The molecule has 0 bridgehead atoms. The molecule has 1 aromatic carbocycles. The van der Waals surface area contributed by atoms with Crippen molar-refractivity contribution < 1.29 is 19.1 Å². The van der Waals surface area contributed by atoms with E-state index in [1.165, 1.54) is 11.3 Å². The van der Waals surface area contributed by atoms with Crippen molar-refractivity contribution in [3.05, 3.63) is 39.6 Å². The number of esters is 1. The molecule has 0 aliphatic rings. The lowest BCUT2D eigenvalue weighted by molar-refractivity contribution is -0.118. The van der Waals surface area contributed by atoms with Crippen molar-refractivity contribution >= 4 is 35.0 Å². The molecule has 0 saturated carbocycles. The quantitative estimate of drug-likeness (QED) is 0.379. The molecule has 1 aromatic heterocycles. The van der Waals surface area contributed by atoms with Crippen LogP contribution >= 0.6 is 23.1 Å². The maximum absolute atomic E-state index is 12.2. The highest BCUT2D eigenvalue weighted by Crippen LogP contribution is 2.22. The number of thioether (sulfide) groups is 1. The first-order valence-corrected chi connectivity index (χ1v) is 10.4. The number of ether oxygens (including phenoxy) is 2. The average Bonchev–Trinajstić information content (AvgIpc) is 2.94. The van der Waals surface area contributed by atoms with Crippen molar-refractivity contribution in [1.29, 1.82) is 0 Å². The van der Waals surface area contributed by atoms with Gasteiger partial charge in [0, 0.05) is 24.1 Å². The molecule has 0 saturated heterocycles. The molecule has 8 heteroatoms. The number of methoxy groups -OCH3 is 1. The number of hydrogen-bond donors (Lipinski definition) is 0. The summed E-state index contributed by atoms with van der Waals surface area (Å²) in [6, 6.07) is 7.84. The van der Waals surface area contributed by atoms with Crippen LogP contribution in [-0.2, 0) is 16.6 Å². The largest absolute Gasteiger partial charge is 0.497 e. The number of hydrogen-bond acceptors (Lipinski definition) is 6. The molecule has 0 aliphatic heterocycles. The molecule has 1 heterocycles. The van der Waals surface area contributed by atoms with Crippen molar-refractivity contribution in [2.24, 2.45) is 12.0 Å². The van der Waals surface area contributed by atoms with E-state index in [-0.39, 0.29) is 11.9 Å². The van der Waals surface area contributed by atoms with Gasteiger partial charge < -0.3 is 14.0 Å². The van der Waals surface area contributed by atoms with Crippen molar-refractivity contribution in [3.63, 3.8) is 0 Å². The summed E-state index contributed by atoms with van der Waals surface area (Å²) >= 11 is 2.88. The smallest absolute Gasteiger partial charge is 0.350 e. The number of thiazole rings is 1. The normalized spacial score (nSPS) is 11.5. The molecule has 146 valence electrons. The molecule has 2 rings (SSSR count). The summed E-state index contributed by atoms with van der Waals surface area (Å²) in [6.07, 6.45) is 1.10. The van der Waals surface area contributed by atoms with Gasteiger partial charge in [0.25, 0.3) is 0 Å². The SMILES string of the molecule is CCOC(=O)c1sc(=NC(=O)CCCSc2ccc(OC)cc2)n(C)c1C. The summed E-state index contributed by atoms with van der Waals surface area (Å²) in [4.78, 5) is 30.4. The zero-order valence-electron chi connectivity index (χ0n) is 16.0. The van der Waals surface area contributed by atoms with Gasteiger partial charge in [-0.25, -0.2) is 4.79 Å². The van der Waals surface area contributed by atoms with Crippen LogP contribution in [0.1, 0.15) is 35.1 Å². The molecule has 6 nitrogen and oxygen atoms in total. The van der Waals surface area contributed by atoms with E-state index in [1.807, 2.05) is 31.2 Å². The number of benzene rings is 1. The van der Waals surface area contributed by atoms with Gasteiger partial charge >= 0.3 is 5.97 Å². The highest BCUT2D eigenvalue weighted by atomic mass is 32.2. The Morgan fingerprint density at radius 1 is 1.26 bits per heavy atom. The zero-order chi connectivity index (χ0) is 19.8.